The van der Waals surface area contributed by atoms with Crippen LogP contribution in [-0.4, -0.2) is 43.7 Å². The number of halogens is 1. The summed E-state index contributed by atoms with van der Waals surface area (Å²) >= 11 is 5.71. The van der Waals surface area contributed by atoms with Gasteiger partial charge in [-0.1, -0.05) is 6.92 Å². The summed E-state index contributed by atoms with van der Waals surface area (Å²) in [7, 11) is 0. The Labute approximate surface area is 116 Å². The molecule has 0 amide bonds. The van der Waals surface area contributed by atoms with E-state index in [-0.39, 0.29) is 11.8 Å². The molecule has 1 saturated carbocycles. The van der Waals surface area contributed by atoms with Crippen molar-refractivity contribution in [1.82, 2.24) is 0 Å². The van der Waals surface area contributed by atoms with Gasteiger partial charge >= 0.3 is 0 Å². The average Bonchev–Trinajstić information content (AvgIpc) is 2.34. The van der Waals surface area contributed by atoms with Crippen molar-refractivity contribution in [2.75, 3.05) is 5.88 Å². The van der Waals surface area contributed by atoms with E-state index in [2.05, 4.69) is 0 Å². The van der Waals surface area contributed by atoms with E-state index in [1.807, 2.05) is 0 Å². The summed E-state index contributed by atoms with van der Waals surface area (Å²) in [6.45, 7) is 2.57. The highest BCUT2D eigenvalue weighted by Crippen LogP contribution is 2.54. The number of nitriles is 1. The molecule has 1 aliphatic carbocycles. The lowest BCUT2D eigenvalue weighted by molar-refractivity contribution is -0.271. The minimum Gasteiger partial charge on any atom is -0.359 e. The summed E-state index contributed by atoms with van der Waals surface area (Å²) in [4.78, 5) is 12.1. The van der Waals surface area contributed by atoms with Crippen LogP contribution in [0, 0.1) is 28.6 Å². The fraction of sp³-hybridized carbons (Fsp3) is 0.833. The van der Waals surface area contributed by atoms with Crippen molar-refractivity contribution < 1.29 is 25.2 Å². The van der Waals surface area contributed by atoms with Crippen molar-refractivity contribution in [3.05, 3.63) is 0 Å². The highest BCUT2D eigenvalue weighted by atomic mass is 35.5. The van der Waals surface area contributed by atoms with E-state index < -0.39 is 28.7 Å². The molecule has 0 aromatic rings. The van der Waals surface area contributed by atoms with E-state index in [1.165, 1.54) is 6.92 Å². The van der Waals surface area contributed by atoms with Gasteiger partial charge in [0.1, 0.15) is 6.07 Å². The van der Waals surface area contributed by atoms with Crippen LogP contribution in [0.15, 0.2) is 0 Å². The van der Waals surface area contributed by atoms with Gasteiger partial charge in [0.25, 0.3) is 5.79 Å². The minimum atomic E-state index is -2.94. The molecule has 4 N–H and O–H groups in total. The van der Waals surface area contributed by atoms with Gasteiger partial charge in [-0.05, 0) is 25.7 Å². The smallest absolute Gasteiger partial charge is 0.264 e. The van der Waals surface area contributed by atoms with Crippen LogP contribution >= 0.6 is 11.6 Å². The van der Waals surface area contributed by atoms with Crippen LogP contribution < -0.4 is 0 Å². The zero-order valence-electron chi connectivity index (χ0n) is 10.8. The normalized spacial score (nSPS) is 29.3. The molecule has 3 atom stereocenters. The predicted octanol–water partition coefficient (Wildman–Crippen LogP) is -0.268. The van der Waals surface area contributed by atoms with Gasteiger partial charge in [0.2, 0.25) is 11.6 Å². The van der Waals surface area contributed by atoms with Crippen LogP contribution in [0.3, 0.4) is 0 Å². The Hall–Kier alpha value is -0.710. The van der Waals surface area contributed by atoms with Gasteiger partial charge < -0.3 is 20.4 Å². The molecule has 0 heterocycles. The number of hydrogen-bond acceptors (Lipinski definition) is 6. The molecule has 7 heteroatoms. The molecule has 0 saturated heterocycles. The van der Waals surface area contributed by atoms with E-state index in [9.17, 15) is 25.2 Å². The highest BCUT2D eigenvalue weighted by Gasteiger charge is 2.62. The van der Waals surface area contributed by atoms with Crippen LogP contribution in [0.5, 0.6) is 0 Å². The topological polar surface area (TPSA) is 122 Å². The lowest BCUT2D eigenvalue weighted by atomic mass is 9.55. The number of Topliss-reactive ketones (excluding diaryl/α,β-unsaturated/α-hetero) is 1. The molecule has 0 bridgehead atoms. The maximum Gasteiger partial charge on any atom is 0.264 e. The van der Waals surface area contributed by atoms with Crippen LogP contribution in [-0.2, 0) is 4.79 Å². The van der Waals surface area contributed by atoms with Crippen molar-refractivity contribution in [3.8, 4) is 6.07 Å². The molecule has 6 nitrogen and oxygen atoms in total. The van der Waals surface area contributed by atoms with Crippen molar-refractivity contribution in [1.29, 1.82) is 5.26 Å². The van der Waals surface area contributed by atoms with Crippen LogP contribution in [0.1, 0.15) is 26.7 Å². The number of nitrogens with zero attached hydrogens (tertiary/aromatic N) is 1. The van der Waals surface area contributed by atoms with Gasteiger partial charge in [0, 0.05) is 11.3 Å². The highest BCUT2D eigenvalue weighted by molar-refractivity contribution is 6.18. The molecule has 1 rings (SSSR count). The first kappa shape index (κ1) is 16.3. The number of aliphatic hydroxyl groups is 4. The van der Waals surface area contributed by atoms with E-state index in [4.69, 9.17) is 16.9 Å². The predicted molar refractivity (Wildman–Crippen MR) is 65.7 cm³/mol. The number of rotatable bonds is 5. The van der Waals surface area contributed by atoms with Crippen LogP contribution in [0.4, 0.5) is 0 Å². The number of hydrogen-bond donors (Lipinski definition) is 4. The van der Waals surface area contributed by atoms with Gasteiger partial charge in [-0.15, -0.1) is 11.6 Å². The molecular formula is C12H18ClNO5. The molecule has 0 aromatic heterocycles. The van der Waals surface area contributed by atoms with Gasteiger partial charge in [0.05, 0.1) is 5.92 Å². The van der Waals surface area contributed by atoms with Gasteiger partial charge in [0.15, 0.2) is 0 Å². The number of alkyl halides is 1. The molecule has 1 fully saturated rings. The second kappa shape index (κ2) is 5.00. The Kier molecular flexibility index (Phi) is 4.30. The Bertz CT molecular complexity index is 415. The summed E-state index contributed by atoms with van der Waals surface area (Å²) < 4.78 is 0. The van der Waals surface area contributed by atoms with Gasteiger partial charge in [-0.2, -0.15) is 5.26 Å². The van der Waals surface area contributed by atoms with Crippen molar-refractivity contribution in [2.45, 2.75) is 38.3 Å². The molecule has 0 radical (unpaired) electrons. The fourth-order valence-corrected chi connectivity index (χ4v) is 2.85. The maximum absolute atomic E-state index is 12.1. The van der Waals surface area contributed by atoms with E-state index in [1.54, 1.807) is 0 Å². The van der Waals surface area contributed by atoms with Crippen molar-refractivity contribution in [2.24, 2.45) is 17.3 Å². The first-order valence-corrected chi connectivity index (χ1v) is 6.49. The standard InChI is InChI=1S/C12H18ClNO5/c1-7(11(16,17)6-14)9(15)12(18,19)10(2)4-3-8(10)5-13/h7-8,16-19H,3-5H2,1-2H3. The average molecular weight is 292 g/mol. The zero-order valence-corrected chi connectivity index (χ0v) is 11.6. The quantitative estimate of drug-likeness (QED) is 0.314. The first-order chi connectivity index (χ1) is 8.54. The molecule has 108 valence electrons. The summed E-state index contributed by atoms with van der Waals surface area (Å²) in [6, 6.07) is 1.15. The van der Waals surface area contributed by atoms with Crippen molar-refractivity contribution >= 4 is 17.4 Å². The van der Waals surface area contributed by atoms with E-state index in [0.717, 1.165) is 13.0 Å². The summed E-state index contributed by atoms with van der Waals surface area (Å²) in [5, 5.41) is 47.4. The largest absolute Gasteiger partial charge is 0.359 e. The third kappa shape index (κ3) is 2.37. The lowest BCUT2D eigenvalue weighted by Crippen LogP contribution is -2.64. The van der Waals surface area contributed by atoms with Crippen molar-refractivity contribution in [3.63, 3.8) is 0 Å². The molecule has 0 aromatic carbocycles. The van der Waals surface area contributed by atoms with Gasteiger partial charge in [-0.25, -0.2) is 0 Å². The molecule has 0 spiro atoms. The second-order valence-electron chi connectivity index (χ2n) is 5.40. The Morgan fingerprint density at radius 2 is 2.05 bits per heavy atom. The Morgan fingerprint density at radius 1 is 1.53 bits per heavy atom. The monoisotopic (exact) mass is 291 g/mol. The van der Waals surface area contributed by atoms with Gasteiger partial charge in [-0.3, -0.25) is 4.79 Å². The summed E-state index contributed by atoms with van der Waals surface area (Å²) in [6.07, 6.45) is 1.04. The summed E-state index contributed by atoms with van der Waals surface area (Å²) in [5.74, 6) is -8.63. The Morgan fingerprint density at radius 3 is 2.37 bits per heavy atom. The SMILES string of the molecule is CC(C(=O)C(O)(O)C1(C)CCC1CCl)C(O)(O)C#N. The lowest BCUT2D eigenvalue weighted by Gasteiger charge is -2.53. The third-order valence-electron chi connectivity index (χ3n) is 4.40. The number of carbonyl (C=O) groups excluding carboxylic acids is 1. The third-order valence-corrected chi connectivity index (χ3v) is 4.77. The Balaban J connectivity index is 3.02. The van der Waals surface area contributed by atoms with Crippen LogP contribution in [0.2, 0.25) is 0 Å². The number of carbonyl (C=O) groups is 1. The maximum atomic E-state index is 12.1. The second-order valence-corrected chi connectivity index (χ2v) is 5.71. The molecular weight excluding hydrogens is 274 g/mol. The van der Waals surface area contributed by atoms with E-state index >= 15 is 0 Å². The summed E-state index contributed by atoms with van der Waals surface area (Å²) in [5.41, 5.74) is -1.15. The molecule has 1 aliphatic rings. The minimum absolute atomic E-state index is 0.169. The molecule has 3 unspecified atom stereocenters. The van der Waals surface area contributed by atoms with E-state index in [0.29, 0.717) is 12.8 Å². The molecule has 19 heavy (non-hydrogen) atoms. The molecule has 0 aliphatic heterocycles. The zero-order chi connectivity index (χ0) is 15.1. The van der Waals surface area contributed by atoms with Crippen LogP contribution in [0.25, 0.3) is 0 Å². The number of ketones is 1. The fourth-order valence-electron chi connectivity index (χ4n) is 2.35. The first-order valence-electron chi connectivity index (χ1n) is 5.95.